The molecule has 4 nitrogen and oxygen atoms in total. The summed E-state index contributed by atoms with van der Waals surface area (Å²) in [7, 11) is 0. The van der Waals surface area contributed by atoms with Crippen molar-refractivity contribution in [2.45, 2.75) is 0 Å². The standard InChI is InChI=1S/C47H29N3O/c1-3-13-33(14-4-1)45-48-46(34-15-5-2-6-16-34)50-47(49-45)40-27-26-39(44-43(40)41-28-35-17-7-8-18-36(35)29-42(41)51-44)32-24-22-31(23-25-32)38-21-11-19-30-12-9-10-20-37(30)38/h1-29H. The summed E-state index contributed by atoms with van der Waals surface area (Å²) in [6, 6.07) is 61.0. The van der Waals surface area contributed by atoms with E-state index < -0.39 is 0 Å². The Bertz CT molecular complexity index is 2830. The molecule has 4 heteroatoms. The van der Waals surface area contributed by atoms with E-state index in [4.69, 9.17) is 19.4 Å². The number of furan rings is 1. The highest BCUT2D eigenvalue weighted by atomic mass is 16.3. The molecule has 10 aromatic rings. The van der Waals surface area contributed by atoms with Crippen molar-refractivity contribution in [1.29, 1.82) is 0 Å². The molecule has 0 bridgehead atoms. The minimum Gasteiger partial charge on any atom is -0.455 e. The molecule has 0 saturated heterocycles. The highest BCUT2D eigenvalue weighted by Crippen LogP contribution is 2.43. The average Bonchev–Trinajstić information content (AvgIpc) is 3.58. The maximum atomic E-state index is 6.84. The van der Waals surface area contributed by atoms with Gasteiger partial charge in [0.25, 0.3) is 0 Å². The van der Waals surface area contributed by atoms with Crippen molar-refractivity contribution in [3.63, 3.8) is 0 Å². The van der Waals surface area contributed by atoms with E-state index in [0.717, 1.165) is 60.5 Å². The molecule has 0 N–H and O–H groups in total. The Morgan fingerprint density at radius 1 is 0.333 bits per heavy atom. The third-order valence-corrected chi connectivity index (χ3v) is 9.72. The van der Waals surface area contributed by atoms with Crippen molar-refractivity contribution in [3.8, 4) is 56.4 Å². The molecule has 0 radical (unpaired) electrons. The fourth-order valence-electron chi connectivity index (χ4n) is 7.21. The number of rotatable bonds is 5. The molecular weight excluding hydrogens is 623 g/mol. The summed E-state index contributed by atoms with van der Waals surface area (Å²) < 4.78 is 6.84. The zero-order chi connectivity index (χ0) is 33.7. The van der Waals surface area contributed by atoms with Crippen LogP contribution < -0.4 is 0 Å². The van der Waals surface area contributed by atoms with Gasteiger partial charge in [-0.25, -0.2) is 15.0 Å². The monoisotopic (exact) mass is 651 g/mol. The summed E-state index contributed by atoms with van der Waals surface area (Å²) in [6.45, 7) is 0. The van der Waals surface area contributed by atoms with Gasteiger partial charge >= 0.3 is 0 Å². The van der Waals surface area contributed by atoms with Gasteiger partial charge in [-0.3, -0.25) is 0 Å². The zero-order valence-electron chi connectivity index (χ0n) is 27.5. The number of hydrogen-bond acceptors (Lipinski definition) is 4. The van der Waals surface area contributed by atoms with Gasteiger partial charge < -0.3 is 4.42 Å². The Hall–Kier alpha value is -6.91. The summed E-state index contributed by atoms with van der Waals surface area (Å²) in [5.74, 6) is 1.85. The van der Waals surface area contributed by atoms with Crippen molar-refractivity contribution in [1.82, 2.24) is 15.0 Å². The van der Waals surface area contributed by atoms with Crippen LogP contribution in [0.25, 0.3) is 99.9 Å². The van der Waals surface area contributed by atoms with Gasteiger partial charge in [-0.05, 0) is 62.5 Å². The zero-order valence-corrected chi connectivity index (χ0v) is 27.5. The maximum absolute atomic E-state index is 6.84. The lowest BCUT2D eigenvalue weighted by molar-refractivity contribution is 0.670. The van der Waals surface area contributed by atoms with Crippen LogP contribution in [0.5, 0.6) is 0 Å². The van der Waals surface area contributed by atoms with Crippen LogP contribution in [0.2, 0.25) is 0 Å². The van der Waals surface area contributed by atoms with E-state index in [9.17, 15) is 0 Å². The second kappa shape index (κ2) is 11.9. The molecular formula is C47H29N3O. The van der Waals surface area contributed by atoms with E-state index in [0.29, 0.717) is 17.5 Å². The Labute approximate surface area is 294 Å². The molecule has 0 fully saturated rings. The molecule has 0 aliphatic carbocycles. The van der Waals surface area contributed by atoms with Gasteiger partial charge in [-0.2, -0.15) is 0 Å². The topological polar surface area (TPSA) is 51.8 Å². The first-order valence-electron chi connectivity index (χ1n) is 17.1. The molecule has 10 rings (SSSR count). The van der Waals surface area contributed by atoms with E-state index in [1.165, 1.54) is 21.9 Å². The van der Waals surface area contributed by atoms with Gasteiger partial charge in [0.05, 0.1) is 0 Å². The van der Waals surface area contributed by atoms with Crippen LogP contribution in [0.4, 0.5) is 0 Å². The van der Waals surface area contributed by atoms with E-state index in [1.807, 2.05) is 60.7 Å². The number of aromatic nitrogens is 3. The van der Waals surface area contributed by atoms with E-state index in [1.54, 1.807) is 0 Å². The molecule has 2 heterocycles. The third-order valence-electron chi connectivity index (χ3n) is 9.72. The minimum absolute atomic E-state index is 0.599. The first kappa shape index (κ1) is 29.0. The van der Waals surface area contributed by atoms with Crippen LogP contribution in [0.3, 0.4) is 0 Å². The molecule has 0 spiro atoms. The first-order chi connectivity index (χ1) is 25.3. The van der Waals surface area contributed by atoms with Crippen LogP contribution in [-0.4, -0.2) is 15.0 Å². The summed E-state index contributed by atoms with van der Waals surface area (Å²) >= 11 is 0. The lowest BCUT2D eigenvalue weighted by atomic mass is 9.94. The molecule has 0 atom stereocenters. The number of hydrogen-bond donors (Lipinski definition) is 0. The largest absolute Gasteiger partial charge is 0.455 e. The van der Waals surface area contributed by atoms with Crippen molar-refractivity contribution in [2.24, 2.45) is 0 Å². The summed E-state index contributed by atoms with van der Waals surface area (Å²) in [4.78, 5) is 15.2. The van der Waals surface area contributed by atoms with Gasteiger partial charge in [0, 0.05) is 33.0 Å². The smallest absolute Gasteiger partial charge is 0.164 e. The lowest BCUT2D eigenvalue weighted by Gasteiger charge is -2.11. The second-order valence-electron chi connectivity index (χ2n) is 12.8. The van der Waals surface area contributed by atoms with E-state index >= 15 is 0 Å². The van der Waals surface area contributed by atoms with Crippen LogP contribution in [0.15, 0.2) is 180 Å². The van der Waals surface area contributed by atoms with Gasteiger partial charge in [0.2, 0.25) is 0 Å². The van der Waals surface area contributed by atoms with Crippen molar-refractivity contribution in [2.75, 3.05) is 0 Å². The van der Waals surface area contributed by atoms with Gasteiger partial charge in [0.15, 0.2) is 17.5 Å². The fraction of sp³-hybridized carbons (Fsp3) is 0. The van der Waals surface area contributed by atoms with Crippen molar-refractivity contribution >= 4 is 43.5 Å². The van der Waals surface area contributed by atoms with Gasteiger partial charge in [-0.1, -0.05) is 152 Å². The Kier molecular flexibility index (Phi) is 6.78. The van der Waals surface area contributed by atoms with Crippen LogP contribution >= 0.6 is 0 Å². The normalized spacial score (nSPS) is 11.5. The highest BCUT2D eigenvalue weighted by molar-refractivity contribution is 6.18. The molecule has 51 heavy (non-hydrogen) atoms. The predicted molar refractivity (Wildman–Crippen MR) is 209 cm³/mol. The third kappa shape index (κ3) is 5.04. The number of benzene rings is 8. The first-order valence-corrected chi connectivity index (χ1v) is 17.1. The van der Waals surface area contributed by atoms with Crippen LogP contribution in [0.1, 0.15) is 0 Å². The van der Waals surface area contributed by atoms with Gasteiger partial charge in [-0.15, -0.1) is 0 Å². The summed E-state index contributed by atoms with van der Waals surface area (Å²) in [5, 5.41) is 6.76. The van der Waals surface area contributed by atoms with E-state index in [2.05, 4.69) is 115 Å². The lowest BCUT2D eigenvalue weighted by Crippen LogP contribution is -2.00. The molecule has 0 amide bonds. The van der Waals surface area contributed by atoms with E-state index in [-0.39, 0.29) is 0 Å². The fourth-order valence-corrected chi connectivity index (χ4v) is 7.21. The van der Waals surface area contributed by atoms with Crippen LogP contribution in [0, 0.1) is 0 Å². The molecule has 0 aliphatic heterocycles. The molecule has 0 unspecified atom stereocenters. The minimum atomic E-state index is 0.599. The molecule has 0 saturated carbocycles. The number of nitrogens with zero attached hydrogens (tertiary/aromatic N) is 3. The predicted octanol–water partition coefficient (Wildman–Crippen LogP) is 12.4. The molecule has 238 valence electrons. The Morgan fingerprint density at radius 2 is 0.863 bits per heavy atom. The number of fused-ring (bicyclic) bond motifs is 5. The van der Waals surface area contributed by atoms with Gasteiger partial charge in [0.1, 0.15) is 11.2 Å². The summed E-state index contributed by atoms with van der Waals surface area (Å²) in [6.07, 6.45) is 0. The van der Waals surface area contributed by atoms with Crippen LogP contribution in [-0.2, 0) is 0 Å². The SMILES string of the molecule is c1ccc(-c2nc(-c3ccccc3)nc(-c3ccc(-c4ccc(-c5cccc6ccccc56)cc4)c4oc5cc6ccccc6cc5c34)n2)cc1. The Morgan fingerprint density at radius 3 is 1.55 bits per heavy atom. The highest BCUT2D eigenvalue weighted by Gasteiger charge is 2.21. The van der Waals surface area contributed by atoms with Crippen molar-refractivity contribution < 1.29 is 4.42 Å². The Balaban J connectivity index is 1.20. The summed E-state index contributed by atoms with van der Waals surface area (Å²) in [5.41, 5.74) is 8.86. The average molecular weight is 652 g/mol. The molecule has 8 aromatic carbocycles. The quantitative estimate of drug-likeness (QED) is 0.186. The second-order valence-corrected chi connectivity index (χ2v) is 12.8. The van der Waals surface area contributed by atoms with Crippen molar-refractivity contribution in [3.05, 3.63) is 176 Å². The maximum Gasteiger partial charge on any atom is 0.164 e. The molecule has 0 aliphatic rings. The molecule has 2 aromatic heterocycles.